The van der Waals surface area contributed by atoms with Gasteiger partial charge in [0.2, 0.25) is 0 Å². The van der Waals surface area contributed by atoms with Gasteiger partial charge >= 0.3 is 0 Å². The first kappa shape index (κ1) is 39.5. The summed E-state index contributed by atoms with van der Waals surface area (Å²) in [4.78, 5) is 0. The third kappa shape index (κ3) is 5.84. The van der Waals surface area contributed by atoms with Gasteiger partial charge in [-0.1, -0.05) is 182 Å². The van der Waals surface area contributed by atoms with Crippen molar-refractivity contribution in [3.8, 4) is 55.9 Å². The first-order valence-corrected chi connectivity index (χ1v) is 25.5. The summed E-state index contributed by atoms with van der Waals surface area (Å²) < 4.78 is 10.3. The molecule has 4 heteroatoms. The van der Waals surface area contributed by atoms with Crippen LogP contribution in [0.3, 0.4) is 0 Å². The Morgan fingerprint density at radius 3 is 1.33 bits per heavy atom. The lowest BCUT2D eigenvalue weighted by atomic mass is 9.92. The zero-order chi connectivity index (χ0) is 45.9. The average Bonchev–Trinajstić information content (AvgIpc) is 4.19. The first-order valence-electron chi connectivity index (χ1n) is 23.9. The molecule has 0 bridgehead atoms. The third-order valence-corrected chi connectivity index (χ3v) is 17.0. The van der Waals surface area contributed by atoms with E-state index < -0.39 is 0 Å². The van der Waals surface area contributed by atoms with Gasteiger partial charge in [0.05, 0.1) is 27.8 Å². The topological polar surface area (TPSA) is 9.86 Å². The Balaban J connectivity index is 0.982. The van der Waals surface area contributed by atoms with Gasteiger partial charge in [-0.3, -0.25) is 0 Å². The number of benzene rings is 11. The van der Waals surface area contributed by atoms with Crippen molar-refractivity contribution < 1.29 is 0 Å². The number of thiophene rings is 2. The number of para-hydroxylation sites is 4. The van der Waals surface area contributed by atoms with Crippen molar-refractivity contribution >= 4 is 107 Å². The average molecular weight is 925 g/mol. The standard InChI is InChI=1S/C66H40N2S2/c1-2-17-43(18-3-1)67-58-31-10-7-22-49(58)53-28-16-27-52(64(53)67)47-20-5-4-19-46(47)48-21-6-11-32-59(48)68-60-37-35-41(44-25-14-29-54-50-23-8-12-33-62(50)69-65(44)54)39-56(60)57-40-42(36-38-61(57)68)45-26-15-30-55-51-24-9-13-34-63(51)70-66(45)55/h1-40H. The molecular formula is C66H40N2S2. The molecule has 0 N–H and O–H groups in total. The highest BCUT2D eigenvalue weighted by atomic mass is 32.1. The molecule has 0 radical (unpaired) electrons. The van der Waals surface area contributed by atoms with E-state index in [0.29, 0.717) is 0 Å². The van der Waals surface area contributed by atoms with Crippen molar-refractivity contribution in [2.45, 2.75) is 0 Å². The van der Waals surface area contributed by atoms with Crippen LogP contribution in [0.2, 0.25) is 0 Å². The lowest BCUT2D eigenvalue weighted by Gasteiger charge is -2.18. The number of rotatable bonds is 6. The van der Waals surface area contributed by atoms with Gasteiger partial charge in [-0.2, -0.15) is 0 Å². The number of aromatic nitrogens is 2. The van der Waals surface area contributed by atoms with E-state index in [0.717, 1.165) is 11.4 Å². The highest BCUT2D eigenvalue weighted by Crippen LogP contribution is 2.47. The lowest BCUT2D eigenvalue weighted by molar-refractivity contribution is 1.18. The Labute approximate surface area is 411 Å². The minimum atomic E-state index is 1.14. The van der Waals surface area contributed by atoms with Crippen LogP contribution in [0.4, 0.5) is 0 Å². The second kappa shape index (κ2) is 15.5. The minimum absolute atomic E-state index is 1.14. The molecule has 0 amide bonds. The van der Waals surface area contributed by atoms with Gasteiger partial charge in [0.25, 0.3) is 0 Å². The van der Waals surface area contributed by atoms with Crippen LogP contribution in [0.25, 0.3) is 140 Å². The van der Waals surface area contributed by atoms with Crippen LogP contribution >= 0.6 is 22.7 Å². The predicted molar refractivity (Wildman–Crippen MR) is 303 cm³/mol. The summed E-state index contributed by atoms with van der Waals surface area (Å²) in [7, 11) is 0. The Kier molecular flexibility index (Phi) is 8.73. The molecule has 2 nitrogen and oxygen atoms in total. The lowest BCUT2D eigenvalue weighted by Crippen LogP contribution is -1.99. The maximum absolute atomic E-state index is 2.52. The normalized spacial score (nSPS) is 12.0. The maximum atomic E-state index is 2.52. The fourth-order valence-electron chi connectivity index (χ4n) is 11.5. The molecule has 15 rings (SSSR count). The Morgan fingerprint density at radius 1 is 0.257 bits per heavy atom. The Bertz CT molecular complexity index is 4430. The monoisotopic (exact) mass is 924 g/mol. The summed E-state index contributed by atoms with van der Waals surface area (Å²) in [5, 5.41) is 10.2. The highest BCUT2D eigenvalue weighted by molar-refractivity contribution is 7.26. The molecule has 15 aromatic rings. The van der Waals surface area contributed by atoms with E-state index in [1.54, 1.807) is 0 Å². The van der Waals surface area contributed by atoms with Crippen molar-refractivity contribution in [3.63, 3.8) is 0 Å². The zero-order valence-electron chi connectivity index (χ0n) is 37.8. The molecule has 4 heterocycles. The van der Waals surface area contributed by atoms with Gasteiger partial charge < -0.3 is 9.13 Å². The molecule has 11 aromatic carbocycles. The van der Waals surface area contributed by atoms with E-state index in [9.17, 15) is 0 Å². The van der Waals surface area contributed by atoms with E-state index in [-0.39, 0.29) is 0 Å². The van der Waals surface area contributed by atoms with Crippen LogP contribution in [0, 0.1) is 0 Å². The first-order chi connectivity index (χ1) is 34.7. The number of hydrogen-bond donors (Lipinski definition) is 0. The number of nitrogens with zero attached hydrogens (tertiary/aromatic N) is 2. The summed E-state index contributed by atoms with van der Waals surface area (Å²) in [5.41, 5.74) is 16.8. The molecule has 0 fully saturated rings. The summed E-state index contributed by atoms with van der Waals surface area (Å²) >= 11 is 3.78. The molecule has 0 aliphatic rings. The molecule has 0 aliphatic carbocycles. The minimum Gasteiger partial charge on any atom is -0.309 e. The van der Waals surface area contributed by atoms with Gasteiger partial charge in [-0.05, 0) is 94.0 Å². The zero-order valence-corrected chi connectivity index (χ0v) is 39.4. The quantitative estimate of drug-likeness (QED) is 0.157. The molecule has 0 saturated heterocycles. The van der Waals surface area contributed by atoms with E-state index in [2.05, 4.69) is 252 Å². The van der Waals surface area contributed by atoms with Crippen LogP contribution in [0.15, 0.2) is 243 Å². The summed E-state index contributed by atoms with van der Waals surface area (Å²) in [5.74, 6) is 0. The second-order valence-electron chi connectivity index (χ2n) is 18.3. The van der Waals surface area contributed by atoms with Gasteiger partial charge in [-0.25, -0.2) is 0 Å². The van der Waals surface area contributed by atoms with Crippen molar-refractivity contribution in [2.24, 2.45) is 0 Å². The summed E-state index contributed by atoms with van der Waals surface area (Å²) in [6.07, 6.45) is 0. The van der Waals surface area contributed by atoms with E-state index >= 15 is 0 Å². The fraction of sp³-hybridized carbons (Fsp3) is 0. The Morgan fingerprint density at radius 2 is 0.700 bits per heavy atom. The molecule has 70 heavy (non-hydrogen) atoms. The van der Waals surface area contributed by atoms with Crippen LogP contribution < -0.4 is 0 Å². The SMILES string of the molecule is c1ccc(-n2c3ccccc3c3cccc(-c4ccccc4-c4ccccc4-n4c5ccc(-c6cccc7c6sc6ccccc67)cc5c5cc(-c6cccc7c6sc6ccccc67)ccc54)c32)cc1. The van der Waals surface area contributed by atoms with Crippen LogP contribution in [0.1, 0.15) is 0 Å². The van der Waals surface area contributed by atoms with Crippen molar-refractivity contribution in [3.05, 3.63) is 243 Å². The maximum Gasteiger partial charge on any atom is 0.0619 e. The molecule has 0 aliphatic heterocycles. The van der Waals surface area contributed by atoms with Gasteiger partial charge in [-0.15, -0.1) is 22.7 Å². The fourth-order valence-corrected chi connectivity index (χ4v) is 14.0. The molecule has 0 unspecified atom stereocenters. The van der Waals surface area contributed by atoms with Crippen molar-refractivity contribution in [1.29, 1.82) is 0 Å². The predicted octanol–water partition coefficient (Wildman–Crippen LogP) is 19.3. The third-order valence-electron chi connectivity index (χ3n) is 14.6. The number of fused-ring (bicyclic) bond motifs is 12. The summed E-state index contributed by atoms with van der Waals surface area (Å²) in [6, 6.07) is 90.0. The van der Waals surface area contributed by atoms with Crippen molar-refractivity contribution in [1.82, 2.24) is 9.13 Å². The smallest absolute Gasteiger partial charge is 0.0619 e. The van der Waals surface area contributed by atoms with E-state index in [1.807, 2.05) is 22.7 Å². The van der Waals surface area contributed by atoms with E-state index in [4.69, 9.17) is 0 Å². The van der Waals surface area contributed by atoms with Crippen molar-refractivity contribution in [2.75, 3.05) is 0 Å². The molecule has 4 aromatic heterocycles. The van der Waals surface area contributed by atoms with Crippen LogP contribution in [-0.2, 0) is 0 Å². The Hall–Kier alpha value is -8.54. The number of hydrogen-bond acceptors (Lipinski definition) is 2. The molecule has 0 atom stereocenters. The molecular weight excluding hydrogens is 885 g/mol. The summed E-state index contributed by atoms with van der Waals surface area (Å²) in [6.45, 7) is 0. The van der Waals surface area contributed by atoms with Crippen LogP contribution in [0.5, 0.6) is 0 Å². The second-order valence-corrected chi connectivity index (χ2v) is 20.4. The van der Waals surface area contributed by atoms with Gasteiger partial charge in [0.1, 0.15) is 0 Å². The largest absolute Gasteiger partial charge is 0.309 e. The van der Waals surface area contributed by atoms with E-state index in [1.165, 1.54) is 128 Å². The molecule has 326 valence electrons. The molecule has 0 saturated carbocycles. The molecule has 0 spiro atoms. The van der Waals surface area contributed by atoms with Gasteiger partial charge in [0.15, 0.2) is 0 Å². The highest BCUT2D eigenvalue weighted by Gasteiger charge is 2.23. The van der Waals surface area contributed by atoms with Crippen LogP contribution in [-0.4, -0.2) is 9.13 Å². The van der Waals surface area contributed by atoms with Gasteiger partial charge in [0, 0.05) is 78.7 Å².